The van der Waals surface area contributed by atoms with E-state index in [2.05, 4.69) is 26.0 Å². The maximum Gasteiger partial charge on any atom is 0.343 e. The lowest BCUT2D eigenvalue weighted by Gasteiger charge is -2.38. The summed E-state index contributed by atoms with van der Waals surface area (Å²) in [7, 11) is 0. The van der Waals surface area contributed by atoms with Gasteiger partial charge in [0.2, 0.25) is 0 Å². The summed E-state index contributed by atoms with van der Waals surface area (Å²) in [4.78, 5) is 12.8. The lowest BCUT2D eigenvalue weighted by molar-refractivity contribution is 0.0734. The molecule has 0 aromatic heterocycles. The van der Waals surface area contributed by atoms with Crippen LogP contribution in [-0.4, -0.2) is 12.6 Å². The fourth-order valence-electron chi connectivity index (χ4n) is 7.37. The third-order valence-corrected chi connectivity index (χ3v) is 9.95. The molecule has 0 spiro atoms. The molecule has 2 aliphatic carbocycles. The number of carbonyl (C=O) groups is 1. The fraction of sp³-hybridized carbons (Fsp3) is 0.658. The van der Waals surface area contributed by atoms with E-state index in [9.17, 15) is 4.79 Å². The van der Waals surface area contributed by atoms with Gasteiger partial charge in [-0.3, -0.25) is 0 Å². The van der Waals surface area contributed by atoms with Crippen molar-refractivity contribution in [1.29, 1.82) is 0 Å². The number of esters is 1. The molecule has 2 fully saturated rings. The molecule has 0 bridgehead atoms. The van der Waals surface area contributed by atoms with Gasteiger partial charge in [0.1, 0.15) is 11.5 Å². The standard InChI is InChI=1S/C38H56O3/c1-3-5-6-7-8-9-10-11-29-40-36-25-27-37(28-26-36)41-38(39)35-23-21-34(22-24-35)33-19-17-32(18-20-33)31-15-13-30(12-4-2)14-16-31/h21-28,30-33H,3-20,29H2,1-2H3/t30-,31-,32-,33-. The molecule has 0 amide bonds. The first-order chi connectivity index (χ1) is 20.2. The van der Waals surface area contributed by atoms with Crippen molar-refractivity contribution in [2.45, 2.75) is 135 Å². The van der Waals surface area contributed by atoms with Gasteiger partial charge < -0.3 is 9.47 Å². The van der Waals surface area contributed by atoms with Gasteiger partial charge in [0.25, 0.3) is 0 Å². The molecule has 0 atom stereocenters. The zero-order valence-electron chi connectivity index (χ0n) is 26.1. The van der Waals surface area contributed by atoms with E-state index in [0.717, 1.165) is 36.5 Å². The largest absolute Gasteiger partial charge is 0.494 e. The molecule has 0 radical (unpaired) electrons. The van der Waals surface area contributed by atoms with E-state index < -0.39 is 0 Å². The molecule has 2 saturated carbocycles. The molecule has 0 aliphatic heterocycles. The SMILES string of the molecule is CCCCCCCCCCOc1ccc(OC(=O)c2ccc([C@H]3CC[C@H]([C@H]4CC[C@H](CCC)CC4)CC3)cc2)cc1. The Morgan fingerprint density at radius 3 is 1.80 bits per heavy atom. The first-order valence-corrected chi connectivity index (χ1v) is 17.2. The Kier molecular flexibility index (Phi) is 13.6. The van der Waals surface area contributed by atoms with Gasteiger partial charge in [-0.25, -0.2) is 4.79 Å². The van der Waals surface area contributed by atoms with Crippen LogP contribution in [0.25, 0.3) is 0 Å². The van der Waals surface area contributed by atoms with E-state index in [1.54, 1.807) is 0 Å². The van der Waals surface area contributed by atoms with Crippen molar-refractivity contribution in [2.24, 2.45) is 17.8 Å². The third-order valence-electron chi connectivity index (χ3n) is 9.95. The number of hydrogen-bond donors (Lipinski definition) is 0. The number of ether oxygens (including phenoxy) is 2. The van der Waals surface area contributed by atoms with Gasteiger partial charge in [-0.1, -0.05) is 96.6 Å². The van der Waals surface area contributed by atoms with Gasteiger partial charge in [-0.2, -0.15) is 0 Å². The number of carbonyl (C=O) groups excluding carboxylic acids is 1. The van der Waals surface area contributed by atoms with Crippen LogP contribution in [0.4, 0.5) is 0 Å². The second-order valence-electron chi connectivity index (χ2n) is 13.0. The Hall–Kier alpha value is -2.29. The molecule has 2 aromatic rings. The van der Waals surface area contributed by atoms with Crippen molar-refractivity contribution >= 4 is 5.97 Å². The van der Waals surface area contributed by atoms with Gasteiger partial charge >= 0.3 is 5.97 Å². The van der Waals surface area contributed by atoms with Crippen LogP contribution >= 0.6 is 0 Å². The highest BCUT2D eigenvalue weighted by molar-refractivity contribution is 5.91. The van der Waals surface area contributed by atoms with Crippen molar-refractivity contribution in [3.05, 3.63) is 59.7 Å². The zero-order valence-corrected chi connectivity index (χ0v) is 26.1. The number of unbranched alkanes of at least 4 members (excludes halogenated alkanes) is 7. The van der Waals surface area contributed by atoms with Gasteiger partial charge in [-0.05, 0) is 111 Å². The minimum absolute atomic E-state index is 0.300. The molecule has 0 N–H and O–H groups in total. The van der Waals surface area contributed by atoms with Gasteiger partial charge in [0.05, 0.1) is 12.2 Å². The van der Waals surface area contributed by atoms with Crippen LogP contribution in [0.3, 0.4) is 0 Å². The number of hydrogen-bond acceptors (Lipinski definition) is 3. The average molecular weight is 561 g/mol. The van der Waals surface area contributed by atoms with Crippen LogP contribution in [0, 0.1) is 17.8 Å². The Morgan fingerprint density at radius 1 is 0.634 bits per heavy atom. The van der Waals surface area contributed by atoms with Gasteiger partial charge in [-0.15, -0.1) is 0 Å². The van der Waals surface area contributed by atoms with Crippen LogP contribution in [0.15, 0.2) is 48.5 Å². The summed E-state index contributed by atoms with van der Waals surface area (Å²) in [6.45, 7) is 5.33. The molecule has 226 valence electrons. The first-order valence-electron chi connectivity index (χ1n) is 17.2. The highest BCUT2D eigenvalue weighted by atomic mass is 16.5. The van der Waals surface area contributed by atoms with Crippen LogP contribution < -0.4 is 9.47 Å². The molecule has 3 nitrogen and oxygen atoms in total. The normalized spacial score (nSPS) is 22.8. The van der Waals surface area contributed by atoms with Crippen molar-refractivity contribution < 1.29 is 14.3 Å². The number of rotatable bonds is 16. The highest BCUT2D eigenvalue weighted by Gasteiger charge is 2.31. The Bertz CT molecular complexity index is 979. The van der Waals surface area contributed by atoms with Gasteiger partial charge in [0.15, 0.2) is 0 Å². The van der Waals surface area contributed by atoms with E-state index in [1.807, 2.05) is 36.4 Å². The second-order valence-corrected chi connectivity index (χ2v) is 13.0. The molecule has 2 aromatic carbocycles. The maximum atomic E-state index is 12.8. The monoisotopic (exact) mass is 560 g/mol. The van der Waals surface area contributed by atoms with E-state index in [1.165, 1.54) is 115 Å². The summed E-state index contributed by atoms with van der Waals surface area (Å²) in [5.74, 6) is 4.62. The highest BCUT2D eigenvalue weighted by Crippen LogP contribution is 2.44. The average Bonchev–Trinajstić information content (AvgIpc) is 3.02. The third kappa shape index (κ3) is 10.5. The molecule has 0 saturated heterocycles. The summed E-state index contributed by atoms with van der Waals surface area (Å²) in [5, 5.41) is 0. The molecular formula is C38H56O3. The lowest BCUT2D eigenvalue weighted by Crippen LogP contribution is -2.25. The predicted molar refractivity (Wildman–Crippen MR) is 171 cm³/mol. The molecule has 41 heavy (non-hydrogen) atoms. The Balaban J connectivity index is 1.13. The number of benzene rings is 2. The molecule has 3 heteroatoms. The van der Waals surface area contributed by atoms with E-state index in [-0.39, 0.29) is 5.97 Å². The summed E-state index contributed by atoms with van der Waals surface area (Å²) in [5.41, 5.74) is 1.99. The van der Waals surface area contributed by atoms with E-state index in [0.29, 0.717) is 17.2 Å². The van der Waals surface area contributed by atoms with Crippen molar-refractivity contribution in [1.82, 2.24) is 0 Å². The minimum Gasteiger partial charge on any atom is -0.494 e. The molecular weight excluding hydrogens is 504 g/mol. The van der Waals surface area contributed by atoms with Crippen LogP contribution in [0.2, 0.25) is 0 Å². The fourth-order valence-corrected chi connectivity index (χ4v) is 7.37. The summed E-state index contributed by atoms with van der Waals surface area (Å²) in [6.07, 6.45) is 24.3. The predicted octanol–water partition coefficient (Wildman–Crippen LogP) is 11.3. The van der Waals surface area contributed by atoms with Crippen LogP contribution in [0.5, 0.6) is 11.5 Å². The maximum absolute atomic E-state index is 12.8. The first kappa shape index (κ1) is 31.6. The molecule has 2 aliphatic rings. The Labute approximate surface area is 250 Å². The smallest absolute Gasteiger partial charge is 0.343 e. The topological polar surface area (TPSA) is 35.5 Å². The van der Waals surface area contributed by atoms with Gasteiger partial charge in [0, 0.05) is 0 Å². The molecule has 0 heterocycles. The quantitative estimate of drug-likeness (QED) is 0.116. The zero-order chi connectivity index (χ0) is 28.7. The summed E-state index contributed by atoms with van der Waals surface area (Å²) >= 11 is 0. The minimum atomic E-state index is -0.300. The van der Waals surface area contributed by atoms with Crippen molar-refractivity contribution in [3.63, 3.8) is 0 Å². The van der Waals surface area contributed by atoms with Crippen LogP contribution in [0.1, 0.15) is 151 Å². The summed E-state index contributed by atoms with van der Waals surface area (Å²) < 4.78 is 11.5. The van der Waals surface area contributed by atoms with Crippen molar-refractivity contribution in [2.75, 3.05) is 6.61 Å². The summed E-state index contributed by atoms with van der Waals surface area (Å²) in [6, 6.07) is 15.6. The van der Waals surface area contributed by atoms with Crippen LogP contribution in [-0.2, 0) is 0 Å². The van der Waals surface area contributed by atoms with E-state index in [4.69, 9.17) is 9.47 Å². The lowest BCUT2D eigenvalue weighted by atomic mass is 9.68. The van der Waals surface area contributed by atoms with E-state index >= 15 is 0 Å². The van der Waals surface area contributed by atoms with Crippen molar-refractivity contribution in [3.8, 4) is 11.5 Å². The molecule has 4 rings (SSSR count). The second kappa shape index (κ2) is 17.6. The Morgan fingerprint density at radius 2 is 1.20 bits per heavy atom. The molecule has 0 unspecified atom stereocenters.